The van der Waals surface area contributed by atoms with Crippen molar-refractivity contribution in [2.75, 3.05) is 11.4 Å². The van der Waals surface area contributed by atoms with Crippen LogP contribution in [0, 0.1) is 5.92 Å². The molecule has 0 aliphatic carbocycles. The highest BCUT2D eigenvalue weighted by molar-refractivity contribution is 6.20. The summed E-state index contributed by atoms with van der Waals surface area (Å²) in [6.07, 6.45) is 1.68. The first-order valence-electron chi connectivity index (χ1n) is 6.02. The smallest absolute Gasteiger partial charge is 0.318 e. The lowest BCUT2D eigenvalue weighted by atomic mass is 9.93. The largest absolute Gasteiger partial charge is 0.406 e. The van der Waals surface area contributed by atoms with E-state index in [4.69, 9.17) is 21.8 Å². The molecular weight excluding hydrogens is 256 g/mol. The van der Waals surface area contributed by atoms with Gasteiger partial charge in [0.25, 0.3) is 0 Å². The normalized spacial score (nSPS) is 26.1. The number of primary amides is 1. The minimum absolute atomic E-state index is 0.162. The molecule has 1 fully saturated rings. The Bertz CT molecular complexity index is 434. The predicted molar refractivity (Wildman–Crippen MR) is 67.3 cm³/mol. The van der Waals surface area contributed by atoms with Crippen LogP contribution in [0.1, 0.15) is 38.0 Å². The second-order valence-electron chi connectivity index (χ2n) is 4.72. The third-order valence-corrected chi connectivity index (χ3v) is 3.49. The fourth-order valence-corrected chi connectivity index (χ4v) is 2.20. The first kappa shape index (κ1) is 13.1. The zero-order chi connectivity index (χ0) is 13.3. The van der Waals surface area contributed by atoms with Crippen LogP contribution >= 0.6 is 11.6 Å². The number of carbonyl (C=O) groups is 1. The number of alkyl halides is 1. The summed E-state index contributed by atoms with van der Waals surface area (Å²) in [5, 5.41) is 7.55. The van der Waals surface area contributed by atoms with Gasteiger partial charge in [-0.25, -0.2) is 0 Å². The van der Waals surface area contributed by atoms with Gasteiger partial charge >= 0.3 is 6.01 Å². The lowest BCUT2D eigenvalue weighted by Gasteiger charge is -2.35. The summed E-state index contributed by atoms with van der Waals surface area (Å²) in [6.45, 7) is 4.35. The van der Waals surface area contributed by atoms with Gasteiger partial charge in [-0.15, -0.1) is 16.7 Å². The standard InChI is InChI=1S/C11H17ClN4O2/c1-6-3-4-8(9(13)17)5-16(6)11-15-14-10(18-11)7(2)12/h6-8H,3-5H2,1-2H3,(H2,13,17). The quantitative estimate of drug-likeness (QED) is 0.842. The van der Waals surface area contributed by atoms with E-state index in [0.29, 0.717) is 18.5 Å². The number of rotatable bonds is 3. The SMILES string of the molecule is CC(Cl)c1nnc(N2CC(C(N)=O)CCC2C)o1. The van der Waals surface area contributed by atoms with Crippen molar-refractivity contribution in [1.82, 2.24) is 10.2 Å². The summed E-state index contributed by atoms with van der Waals surface area (Å²) in [5.41, 5.74) is 5.35. The number of nitrogens with two attached hydrogens (primary N) is 1. The number of amides is 1. The number of piperidine rings is 1. The fourth-order valence-electron chi connectivity index (χ4n) is 2.11. The molecule has 1 aromatic rings. The van der Waals surface area contributed by atoms with E-state index in [1.807, 2.05) is 4.90 Å². The van der Waals surface area contributed by atoms with Gasteiger partial charge < -0.3 is 15.1 Å². The Morgan fingerprint density at radius 3 is 2.83 bits per heavy atom. The van der Waals surface area contributed by atoms with Gasteiger partial charge in [0.2, 0.25) is 11.8 Å². The molecule has 1 saturated heterocycles. The van der Waals surface area contributed by atoms with Gasteiger partial charge in [-0.05, 0) is 26.7 Å². The molecule has 0 radical (unpaired) electrons. The van der Waals surface area contributed by atoms with Crippen LogP contribution in [0.2, 0.25) is 0 Å². The highest BCUT2D eigenvalue weighted by Crippen LogP contribution is 2.28. The number of carbonyl (C=O) groups excluding carboxylic acids is 1. The molecule has 3 atom stereocenters. The second-order valence-corrected chi connectivity index (χ2v) is 5.37. The zero-order valence-electron chi connectivity index (χ0n) is 10.5. The number of hydrogen-bond acceptors (Lipinski definition) is 5. The molecule has 2 rings (SSSR count). The summed E-state index contributed by atoms with van der Waals surface area (Å²) in [5.74, 6) is -0.0533. The van der Waals surface area contributed by atoms with Crippen LogP contribution in [0.25, 0.3) is 0 Å². The van der Waals surface area contributed by atoms with Crippen LogP contribution in [0.15, 0.2) is 4.42 Å². The number of aromatic nitrogens is 2. The molecule has 0 spiro atoms. The molecule has 0 aromatic carbocycles. The monoisotopic (exact) mass is 272 g/mol. The van der Waals surface area contributed by atoms with Gasteiger partial charge in [-0.1, -0.05) is 5.10 Å². The first-order valence-corrected chi connectivity index (χ1v) is 6.46. The fraction of sp³-hybridized carbons (Fsp3) is 0.727. The predicted octanol–water partition coefficient (Wildman–Crippen LogP) is 1.46. The molecule has 7 heteroatoms. The Balaban J connectivity index is 2.16. The van der Waals surface area contributed by atoms with Crippen LogP contribution in [0.5, 0.6) is 0 Å². The summed E-state index contributed by atoms with van der Waals surface area (Å²) in [4.78, 5) is 13.2. The molecule has 0 saturated carbocycles. The molecule has 3 unspecified atom stereocenters. The molecule has 1 aromatic heterocycles. The molecule has 0 bridgehead atoms. The van der Waals surface area contributed by atoms with E-state index >= 15 is 0 Å². The minimum atomic E-state index is -0.321. The lowest BCUT2D eigenvalue weighted by Crippen LogP contribution is -2.46. The van der Waals surface area contributed by atoms with E-state index in [2.05, 4.69) is 17.1 Å². The van der Waals surface area contributed by atoms with Gasteiger partial charge in [0.05, 0.1) is 5.92 Å². The third-order valence-electron chi connectivity index (χ3n) is 3.30. The van der Waals surface area contributed by atoms with E-state index in [1.54, 1.807) is 6.92 Å². The molecule has 18 heavy (non-hydrogen) atoms. The molecule has 2 N–H and O–H groups in total. The summed E-state index contributed by atoms with van der Waals surface area (Å²) in [7, 11) is 0. The highest BCUT2D eigenvalue weighted by Gasteiger charge is 2.31. The number of nitrogens with zero attached hydrogens (tertiary/aromatic N) is 3. The van der Waals surface area contributed by atoms with E-state index in [0.717, 1.165) is 12.8 Å². The van der Waals surface area contributed by atoms with E-state index in [1.165, 1.54) is 0 Å². The van der Waals surface area contributed by atoms with Gasteiger partial charge in [0, 0.05) is 12.6 Å². The van der Waals surface area contributed by atoms with E-state index in [-0.39, 0.29) is 23.2 Å². The van der Waals surface area contributed by atoms with Gasteiger partial charge in [-0.2, -0.15) is 0 Å². The highest BCUT2D eigenvalue weighted by atomic mass is 35.5. The summed E-state index contributed by atoms with van der Waals surface area (Å²) in [6, 6.07) is 0.662. The van der Waals surface area contributed by atoms with Crippen LogP contribution in [-0.4, -0.2) is 28.7 Å². The number of halogens is 1. The Morgan fingerprint density at radius 2 is 2.28 bits per heavy atom. The van der Waals surface area contributed by atoms with Gasteiger partial charge in [0.15, 0.2) is 0 Å². The maximum Gasteiger partial charge on any atom is 0.318 e. The maximum absolute atomic E-state index is 11.3. The minimum Gasteiger partial charge on any atom is -0.406 e. The third kappa shape index (κ3) is 2.58. The van der Waals surface area contributed by atoms with Crippen molar-refractivity contribution in [3.8, 4) is 0 Å². The second kappa shape index (κ2) is 5.14. The topological polar surface area (TPSA) is 85.3 Å². The van der Waals surface area contributed by atoms with E-state index < -0.39 is 0 Å². The Kier molecular flexibility index (Phi) is 3.75. The van der Waals surface area contributed by atoms with E-state index in [9.17, 15) is 4.79 Å². The van der Waals surface area contributed by atoms with Crippen molar-refractivity contribution < 1.29 is 9.21 Å². The van der Waals surface area contributed by atoms with Crippen LogP contribution in [0.4, 0.5) is 6.01 Å². The maximum atomic E-state index is 11.3. The number of anilines is 1. The first-order chi connectivity index (χ1) is 8.49. The van der Waals surface area contributed by atoms with Crippen molar-refractivity contribution in [3.63, 3.8) is 0 Å². The van der Waals surface area contributed by atoms with Crippen LogP contribution < -0.4 is 10.6 Å². The molecule has 1 aliphatic heterocycles. The van der Waals surface area contributed by atoms with Gasteiger partial charge in [0.1, 0.15) is 5.38 Å². The molecule has 1 amide bonds. The molecule has 6 nitrogen and oxygen atoms in total. The molecule has 1 aliphatic rings. The molecular formula is C11H17ClN4O2. The Morgan fingerprint density at radius 1 is 1.56 bits per heavy atom. The van der Waals surface area contributed by atoms with Crippen LogP contribution in [0.3, 0.4) is 0 Å². The van der Waals surface area contributed by atoms with Gasteiger partial charge in [-0.3, -0.25) is 4.79 Å². The average Bonchev–Trinajstić information content (AvgIpc) is 2.78. The number of hydrogen-bond donors (Lipinski definition) is 1. The van der Waals surface area contributed by atoms with Crippen molar-refractivity contribution in [2.24, 2.45) is 11.7 Å². The Labute approximate surface area is 110 Å². The van der Waals surface area contributed by atoms with Crippen LogP contribution in [-0.2, 0) is 4.79 Å². The average molecular weight is 273 g/mol. The zero-order valence-corrected chi connectivity index (χ0v) is 11.2. The molecule has 100 valence electrons. The van der Waals surface area contributed by atoms with Crippen molar-refractivity contribution >= 4 is 23.5 Å². The lowest BCUT2D eigenvalue weighted by molar-refractivity contribution is -0.122. The van der Waals surface area contributed by atoms with Crippen molar-refractivity contribution in [1.29, 1.82) is 0 Å². The molecule has 2 heterocycles. The van der Waals surface area contributed by atoms with Crippen molar-refractivity contribution in [2.45, 2.75) is 38.1 Å². The Hall–Kier alpha value is -1.30. The summed E-state index contributed by atoms with van der Waals surface area (Å²) < 4.78 is 5.50. The summed E-state index contributed by atoms with van der Waals surface area (Å²) >= 11 is 5.88. The van der Waals surface area contributed by atoms with Crippen molar-refractivity contribution in [3.05, 3.63) is 5.89 Å².